The Morgan fingerprint density at radius 2 is 2.17 bits per heavy atom. The number of hydrogen-bond acceptors (Lipinski definition) is 4. The lowest BCUT2D eigenvalue weighted by molar-refractivity contribution is 0.174. The van der Waals surface area contributed by atoms with Crippen molar-refractivity contribution in [2.24, 2.45) is 0 Å². The fraction of sp³-hybridized carbons (Fsp3) is 0.250. The van der Waals surface area contributed by atoms with Crippen molar-refractivity contribution < 1.29 is 9.47 Å². The molecule has 0 fully saturated rings. The highest BCUT2D eigenvalue weighted by Crippen LogP contribution is 2.33. The summed E-state index contributed by atoms with van der Waals surface area (Å²) >= 11 is 4.08. The van der Waals surface area contributed by atoms with E-state index in [2.05, 4.69) is 11.7 Å². The van der Waals surface area contributed by atoms with Gasteiger partial charge in [-0.25, -0.2) is 0 Å². The number of benzene rings is 1. The molecule has 0 unspecified atom stereocenters. The number of fused-ring (bicyclic) bond motifs is 1. The lowest BCUT2D eigenvalue weighted by Crippen LogP contribution is -1.92. The smallest absolute Gasteiger partial charge is 0.231 e. The third-order valence-electron chi connectivity index (χ3n) is 1.67. The highest BCUT2D eigenvalue weighted by Gasteiger charge is 2.12. The highest BCUT2D eigenvalue weighted by molar-refractivity contribution is 8.68. The van der Waals surface area contributed by atoms with Crippen molar-refractivity contribution in [1.29, 1.82) is 0 Å². The Kier molecular flexibility index (Phi) is 2.37. The van der Waals surface area contributed by atoms with Gasteiger partial charge in [0.25, 0.3) is 0 Å². The molecule has 2 rings (SSSR count). The monoisotopic (exact) mass is 200 g/mol. The van der Waals surface area contributed by atoms with Crippen LogP contribution in [0.5, 0.6) is 11.5 Å². The summed E-state index contributed by atoms with van der Waals surface area (Å²) in [6.45, 7) is 0.340. The second-order valence-corrected chi connectivity index (χ2v) is 3.78. The Balaban J connectivity index is 2.26. The standard InChI is InChI=1S/C8H8O2S2/c11-12-4-6-1-2-7-8(3-6)10-5-9-7/h1-3,11H,4-5H2. The molecule has 0 aromatic heterocycles. The van der Waals surface area contributed by atoms with Crippen molar-refractivity contribution in [3.63, 3.8) is 0 Å². The Labute approximate surface area is 80.1 Å². The molecule has 0 atom stereocenters. The van der Waals surface area contributed by atoms with Gasteiger partial charge in [0, 0.05) is 5.75 Å². The van der Waals surface area contributed by atoms with Crippen LogP contribution in [0.4, 0.5) is 0 Å². The van der Waals surface area contributed by atoms with Crippen LogP contribution in [0, 0.1) is 0 Å². The average Bonchev–Trinajstić information content (AvgIpc) is 2.51. The minimum Gasteiger partial charge on any atom is -0.454 e. The van der Waals surface area contributed by atoms with Crippen LogP contribution in [0.2, 0.25) is 0 Å². The molecule has 2 nitrogen and oxygen atoms in total. The summed E-state index contributed by atoms with van der Waals surface area (Å²) in [6, 6.07) is 5.95. The second-order valence-electron chi connectivity index (χ2n) is 2.46. The molecule has 1 aliphatic heterocycles. The molecule has 0 amide bonds. The predicted molar refractivity (Wildman–Crippen MR) is 52.8 cm³/mol. The summed E-state index contributed by atoms with van der Waals surface area (Å²) in [6.07, 6.45) is 0. The summed E-state index contributed by atoms with van der Waals surface area (Å²) < 4.78 is 10.4. The lowest BCUT2D eigenvalue weighted by Gasteiger charge is -1.99. The van der Waals surface area contributed by atoms with E-state index < -0.39 is 0 Å². The maximum atomic E-state index is 5.23. The first-order valence-electron chi connectivity index (χ1n) is 3.55. The minimum absolute atomic E-state index is 0.340. The van der Waals surface area contributed by atoms with Gasteiger partial charge in [0.2, 0.25) is 6.79 Å². The molecule has 0 spiro atoms. The normalized spacial score (nSPS) is 13.4. The fourth-order valence-corrected chi connectivity index (χ4v) is 1.88. The maximum Gasteiger partial charge on any atom is 0.231 e. The third-order valence-corrected chi connectivity index (χ3v) is 2.52. The number of hydrogen-bond donors (Lipinski definition) is 1. The first kappa shape index (κ1) is 8.13. The molecule has 4 heteroatoms. The van der Waals surface area contributed by atoms with E-state index in [1.807, 2.05) is 18.2 Å². The Morgan fingerprint density at radius 3 is 3.00 bits per heavy atom. The van der Waals surface area contributed by atoms with E-state index in [1.54, 1.807) is 0 Å². The molecule has 1 heterocycles. The predicted octanol–water partition coefficient (Wildman–Crippen LogP) is 2.49. The van der Waals surface area contributed by atoms with Crippen molar-refractivity contribution in [3.8, 4) is 11.5 Å². The molecular formula is C8H8O2S2. The zero-order valence-corrected chi connectivity index (χ0v) is 8.03. The van der Waals surface area contributed by atoms with Crippen molar-refractivity contribution in [1.82, 2.24) is 0 Å². The minimum atomic E-state index is 0.340. The van der Waals surface area contributed by atoms with E-state index in [4.69, 9.17) is 9.47 Å². The summed E-state index contributed by atoms with van der Waals surface area (Å²) in [5.41, 5.74) is 1.21. The van der Waals surface area contributed by atoms with Gasteiger partial charge < -0.3 is 9.47 Å². The summed E-state index contributed by atoms with van der Waals surface area (Å²) in [7, 11) is 1.50. The van der Waals surface area contributed by atoms with Gasteiger partial charge in [0.05, 0.1) is 0 Å². The fourth-order valence-electron chi connectivity index (χ4n) is 1.11. The van der Waals surface area contributed by atoms with Gasteiger partial charge in [0.15, 0.2) is 11.5 Å². The van der Waals surface area contributed by atoms with Gasteiger partial charge in [-0.3, -0.25) is 0 Å². The van der Waals surface area contributed by atoms with E-state index in [0.717, 1.165) is 17.3 Å². The topological polar surface area (TPSA) is 18.5 Å². The second kappa shape index (κ2) is 3.49. The molecule has 0 saturated carbocycles. The molecule has 1 aromatic carbocycles. The molecular weight excluding hydrogens is 192 g/mol. The zero-order chi connectivity index (χ0) is 8.39. The van der Waals surface area contributed by atoms with Gasteiger partial charge in [-0.15, -0.1) is 11.7 Å². The van der Waals surface area contributed by atoms with E-state index in [1.165, 1.54) is 16.4 Å². The van der Waals surface area contributed by atoms with Crippen LogP contribution >= 0.6 is 22.5 Å². The molecule has 64 valence electrons. The zero-order valence-electron chi connectivity index (χ0n) is 6.32. The largest absolute Gasteiger partial charge is 0.454 e. The number of thiol groups is 1. The van der Waals surface area contributed by atoms with Crippen LogP contribution in [-0.4, -0.2) is 6.79 Å². The lowest BCUT2D eigenvalue weighted by atomic mass is 10.2. The van der Waals surface area contributed by atoms with Crippen LogP contribution in [-0.2, 0) is 5.75 Å². The van der Waals surface area contributed by atoms with Crippen molar-refractivity contribution in [2.45, 2.75) is 5.75 Å². The number of ether oxygens (including phenoxy) is 2. The van der Waals surface area contributed by atoms with Crippen LogP contribution < -0.4 is 9.47 Å². The number of rotatable bonds is 2. The molecule has 0 radical (unpaired) electrons. The first-order valence-corrected chi connectivity index (χ1v) is 5.59. The van der Waals surface area contributed by atoms with Crippen molar-refractivity contribution in [2.75, 3.05) is 6.79 Å². The average molecular weight is 200 g/mol. The van der Waals surface area contributed by atoms with Gasteiger partial charge in [-0.05, 0) is 17.7 Å². The third kappa shape index (κ3) is 1.49. The van der Waals surface area contributed by atoms with E-state index >= 15 is 0 Å². The molecule has 0 aliphatic carbocycles. The maximum absolute atomic E-state index is 5.23. The van der Waals surface area contributed by atoms with Crippen molar-refractivity contribution >= 4 is 22.5 Å². The molecule has 0 saturated heterocycles. The molecule has 1 aromatic rings. The Hall–Kier alpha value is -0.480. The van der Waals surface area contributed by atoms with Gasteiger partial charge in [-0.1, -0.05) is 16.9 Å². The van der Waals surface area contributed by atoms with Gasteiger partial charge in [-0.2, -0.15) is 0 Å². The first-order chi connectivity index (χ1) is 5.90. The van der Waals surface area contributed by atoms with E-state index in [-0.39, 0.29) is 0 Å². The quantitative estimate of drug-likeness (QED) is 0.584. The van der Waals surface area contributed by atoms with E-state index in [9.17, 15) is 0 Å². The van der Waals surface area contributed by atoms with Crippen LogP contribution in [0.25, 0.3) is 0 Å². The SMILES string of the molecule is SSCc1ccc2c(c1)OCO2. The molecule has 0 bridgehead atoms. The van der Waals surface area contributed by atoms with E-state index in [0.29, 0.717) is 6.79 Å². The van der Waals surface area contributed by atoms with Gasteiger partial charge in [0.1, 0.15) is 0 Å². The molecule has 12 heavy (non-hydrogen) atoms. The highest BCUT2D eigenvalue weighted by atomic mass is 33.1. The van der Waals surface area contributed by atoms with Crippen LogP contribution in [0.3, 0.4) is 0 Å². The Morgan fingerprint density at radius 1 is 1.33 bits per heavy atom. The van der Waals surface area contributed by atoms with Crippen molar-refractivity contribution in [3.05, 3.63) is 23.8 Å². The molecule has 0 N–H and O–H groups in total. The van der Waals surface area contributed by atoms with Crippen LogP contribution in [0.15, 0.2) is 18.2 Å². The van der Waals surface area contributed by atoms with Gasteiger partial charge >= 0.3 is 0 Å². The summed E-state index contributed by atoms with van der Waals surface area (Å²) in [4.78, 5) is 0. The summed E-state index contributed by atoms with van der Waals surface area (Å²) in [5, 5.41) is 0. The van der Waals surface area contributed by atoms with Crippen LogP contribution in [0.1, 0.15) is 5.56 Å². The Bertz CT molecular complexity index is 288. The summed E-state index contributed by atoms with van der Waals surface area (Å²) in [5.74, 6) is 2.57. The molecule has 1 aliphatic rings.